The van der Waals surface area contributed by atoms with Crippen molar-refractivity contribution in [2.45, 2.75) is 33.1 Å². The molecule has 1 aromatic rings. The van der Waals surface area contributed by atoms with E-state index in [2.05, 4.69) is 9.62 Å². The second-order valence-corrected chi connectivity index (χ2v) is 8.13. The Bertz CT molecular complexity index is 638. The van der Waals surface area contributed by atoms with Crippen molar-refractivity contribution in [1.82, 2.24) is 4.72 Å². The summed E-state index contributed by atoms with van der Waals surface area (Å²) in [5.41, 5.74) is 1.97. The highest BCUT2D eigenvalue weighted by atomic mass is 32.2. The van der Waals surface area contributed by atoms with Gasteiger partial charge in [0.05, 0.1) is 5.75 Å². The fraction of sp³-hybridized carbons (Fsp3) is 0.588. The number of benzene rings is 1. The zero-order chi connectivity index (χ0) is 17.6. The van der Waals surface area contributed by atoms with Gasteiger partial charge in [-0.15, -0.1) is 0 Å². The van der Waals surface area contributed by atoms with Gasteiger partial charge < -0.3 is 9.80 Å². The highest BCUT2D eigenvalue weighted by Gasteiger charge is 2.15. The molecular weight excluding hydrogens is 326 g/mol. The number of hydrogen-bond donors (Lipinski definition) is 1. The molecule has 0 radical (unpaired) electrons. The average Bonchev–Trinajstić information content (AvgIpc) is 2.59. The van der Waals surface area contributed by atoms with Crippen molar-refractivity contribution in [3.63, 3.8) is 0 Å². The molecule has 0 spiro atoms. The maximum Gasteiger partial charge on any atom is 0.223 e. The van der Waals surface area contributed by atoms with Crippen molar-refractivity contribution >= 4 is 27.3 Å². The summed E-state index contributed by atoms with van der Waals surface area (Å²) in [4.78, 5) is 15.9. The smallest absolute Gasteiger partial charge is 0.223 e. The monoisotopic (exact) mass is 353 g/mol. The van der Waals surface area contributed by atoms with Crippen LogP contribution in [0.2, 0.25) is 0 Å². The van der Waals surface area contributed by atoms with E-state index in [0.717, 1.165) is 18.8 Å². The van der Waals surface area contributed by atoms with Gasteiger partial charge in [-0.2, -0.15) is 0 Å². The van der Waals surface area contributed by atoms with E-state index in [4.69, 9.17) is 0 Å². The van der Waals surface area contributed by atoms with Crippen molar-refractivity contribution in [1.29, 1.82) is 0 Å². The number of nitrogens with one attached hydrogen (secondary N) is 1. The second-order valence-electron chi connectivity index (χ2n) is 6.03. The lowest BCUT2D eigenvalue weighted by Crippen LogP contribution is -2.38. The SMILES string of the molecule is CCS(=O)(=O)NCCN(C(C)=O)c1ccc(N2CCCCC2)cc1. The Labute approximate surface area is 144 Å². The minimum absolute atomic E-state index is 0.0393. The van der Waals surface area contributed by atoms with Crippen LogP contribution >= 0.6 is 0 Å². The second kappa shape index (κ2) is 8.48. The van der Waals surface area contributed by atoms with Crippen LogP contribution in [0.4, 0.5) is 11.4 Å². The maximum absolute atomic E-state index is 11.9. The standard InChI is InChI=1S/C17H27N3O3S/c1-3-24(22,23)18-11-14-20(15(2)21)17-9-7-16(8-10-17)19-12-5-4-6-13-19/h7-10,18H,3-6,11-14H2,1-2H3. The van der Waals surface area contributed by atoms with Gasteiger partial charge in [0, 0.05) is 44.5 Å². The Hall–Kier alpha value is -1.60. The lowest BCUT2D eigenvalue weighted by molar-refractivity contribution is -0.116. The molecule has 134 valence electrons. The van der Waals surface area contributed by atoms with Crippen LogP contribution < -0.4 is 14.5 Å². The molecule has 1 fully saturated rings. The third-order valence-corrected chi connectivity index (χ3v) is 5.70. The molecule has 0 atom stereocenters. The number of amides is 1. The number of sulfonamides is 1. The van der Waals surface area contributed by atoms with E-state index in [0.29, 0.717) is 6.54 Å². The molecule has 6 nitrogen and oxygen atoms in total. The predicted molar refractivity (Wildman–Crippen MR) is 98.0 cm³/mol. The minimum atomic E-state index is -3.24. The molecule has 0 aliphatic carbocycles. The van der Waals surface area contributed by atoms with Crippen LogP contribution in [0.1, 0.15) is 33.1 Å². The van der Waals surface area contributed by atoms with Crippen molar-refractivity contribution in [2.75, 3.05) is 41.7 Å². The largest absolute Gasteiger partial charge is 0.372 e. The molecule has 0 aromatic heterocycles. The molecular formula is C17H27N3O3S. The topological polar surface area (TPSA) is 69.7 Å². The van der Waals surface area contributed by atoms with E-state index in [1.54, 1.807) is 11.8 Å². The first-order valence-corrected chi connectivity index (χ1v) is 10.2. The molecule has 0 unspecified atom stereocenters. The van der Waals surface area contributed by atoms with E-state index < -0.39 is 10.0 Å². The molecule has 1 aromatic carbocycles. The first-order chi connectivity index (χ1) is 11.4. The highest BCUT2D eigenvalue weighted by Crippen LogP contribution is 2.23. The van der Waals surface area contributed by atoms with Gasteiger partial charge in [0.25, 0.3) is 0 Å². The Morgan fingerprint density at radius 1 is 1.17 bits per heavy atom. The van der Waals surface area contributed by atoms with E-state index in [1.165, 1.54) is 31.9 Å². The third-order valence-electron chi connectivity index (χ3n) is 4.30. The van der Waals surface area contributed by atoms with Gasteiger partial charge >= 0.3 is 0 Å². The third kappa shape index (κ3) is 5.21. The van der Waals surface area contributed by atoms with Gasteiger partial charge in [0.15, 0.2) is 0 Å². The number of hydrogen-bond acceptors (Lipinski definition) is 4. The number of carbonyl (C=O) groups is 1. The molecule has 0 bridgehead atoms. The van der Waals surface area contributed by atoms with Gasteiger partial charge in [-0.3, -0.25) is 4.79 Å². The van der Waals surface area contributed by atoms with Crippen LogP contribution in [0.15, 0.2) is 24.3 Å². The van der Waals surface area contributed by atoms with Gasteiger partial charge in [-0.25, -0.2) is 13.1 Å². The number of anilines is 2. The van der Waals surface area contributed by atoms with Crippen LogP contribution in [0, 0.1) is 0 Å². The summed E-state index contributed by atoms with van der Waals surface area (Å²) < 4.78 is 25.5. The van der Waals surface area contributed by atoms with Gasteiger partial charge in [0.2, 0.25) is 15.9 Å². The fourth-order valence-corrected chi connectivity index (χ4v) is 3.49. The van der Waals surface area contributed by atoms with E-state index in [9.17, 15) is 13.2 Å². The van der Waals surface area contributed by atoms with E-state index in [-0.39, 0.29) is 18.2 Å². The average molecular weight is 353 g/mol. The van der Waals surface area contributed by atoms with Gasteiger partial charge in [-0.1, -0.05) is 0 Å². The summed E-state index contributed by atoms with van der Waals surface area (Å²) in [6, 6.07) is 7.93. The summed E-state index contributed by atoms with van der Waals surface area (Å²) in [7, 11) is -3.24. The molecule has 1 saturated heterocycles. The number of piperidine rings is 1. The predicted octanol–water partition coefficient (Wildman–Crippen LogP) is 1.97. The Morgan fingerprint density at radius 2 is 1.79 bits per heavy atom. The summed E-state index contributed by atoms with van der Waals surface area (Å²) in [5.74, 6) is -0.0612. The van der Waals surface area contributed by atoms with Crippen molar-refractivity contribution < 1.29 is 13.2 Å². The Balaban J connectivity index is 2.01. The van der Waals surface area contributed by atoms with Crippen LogP contribution in [-0.4, -0.2) is 46.3 Å². The number of carbonyl (C=O) groups excluding carboxylic acids is 1. The number of nitrogens with zero attached hydrogens (tertiary/aromatic N) is 2. The first-order valence-electron chi connectivity index (χ1n) is 8.53. The molecule has 1 aliphatic rings. The molecule has 24 heavy (non-hydrogen) atoms. The summed E-state index contributed by atoms with van der Waals surface area (Å²) in [5, 5.41) is 0. The normalized spacial score (nSPS) is 15.3. The maximum atomic E-state index is 11.9. The van der Waals surface area contributed by atoms with Crippen LogP contribution in [0.25, 0.3) is 0 Å². The molecule has 2 rings (SSSR count). The first kappa shape index (κ1) is 18.7. The van der Waals surface area contributed by atoms with Crippen molar-refractivity contribution in [3.8, 4) is 0 Å². The van der Waals surface area contributed by atoms with Gasteiger partial charge in [-0.05, 0) is 50.5 Å². The minimum Gasteiger partial charge on any atom is -0.372 e. The fourth-order valence-electron chi connectivity index (χ4n) is 2.88. The Kier molecular flexibility index (Phi) is 6.62. The molecule has 1 amide bonds. The summed E-state index contributed by atoms with van der Waals surface area (Å²) in [6.45, 7) is 5.77. The Morgan fingerprint density at radius 3 is 2.33 bits per heavy atom. The van der Waals surface area contributed by atoms with Crippen LogP contribution in [-0.2, 0) is 14.8 Å². The van der Waals surface area contributed by atoms with Crippen molar-refractivity contribution in [2.24, 2.45) is 0 Å². The summed E-state index contributed by atoms with van der Waals surface area (Å²) in [6.07, 6.45) is 3.73. The summed E-state index contributed by atoms with van der Waals surface area (Å²) >= 11 is 0. The lowest BCUT2D eigenvalue weighted by Gasteiger charge is -2.29. The highest BCUT2D eigenvalue weighted by molar-refractivity contribution is 7.89. The lowest BCUT2D eigenvalue weighted by atomic mass is 10.1. The quantitative estimate of drug-likeness (QED) is 0.814. The van der Waals surface area contributed by atoms with Crippen molar-refractivity contribution in [3.05, 3.63) is 24.3 Å². The molecule has 1 aliphatic heterocycles. The molecule has 7 heteroatoms. The zero-order valence-corrected chi connectivity index (χ0v) is 15.3. The van der Waals surface area contributed by atoms with Crippen LogP contribution in [0.5, 0.6) is 0 Å². The molecule has 1 heterocycles. The van der Waals surface area contributed by atoms with Crippen LogP contribution in [0.3, 0.4) is 0 Å². The number of rotatable bonds is 7. The van der Waals surface area contributed by atoms with Gasteiger partial charge in [0.1, 0.15) is 0 Å². The molecule has 1 N–H and O–H groups in total. The molecule has 0 saturated carbocycles. The zero-order valence-electron chi connectivity index (χ0n) is 14.5. The van der Waals surface area contributed by atoms with E-state index >= 15 is 0 Å². The van der Waals surface area contributed by atoms with E-state index in [1.807, 2.05) is 24.3 Å².